The van der Waals surface area contributed by atoms with Crippen LogP contribution in [0.1, 0.15) is 56.2 Å². The average Bonchev–Trinajstić information content (AvgIpc) is 2.86. The molecule has 0 unspecified atom stereocenters. The predicted molar refractivity (Wildman–Crippen MR) is 130 cm³/mol. The van der Waals surface area contributed by atoms with Crippen molar-refractivity contribution in [1.82, 2.24) is 5.32 Å². The maximum absolute atomic E-state index is 13.0. The van der Waals surface area contributed by atoms with Crippen LogP contribution in [0.4, 0.5) is 0 Å². The molecule has 0 radical (unpaired) electrons. The summed E-state index contributed by atoms with van der Waals surface area (Å²) in [6, 6.07) is 15.6. The molecule has 2 aromatic rings. The molecule has 0 aliphatic heterocycles. The Labute approximate surface area is 206 Å². The van der Waals surface area contributed by atoms with Gasteiger partial charge < -0.3 is 14.9 Å². The van der Waals surface area contributed by atoms with Gasteiger partial charge in [0.25, 0.3) is 5.09 Å². The van der Waals surface area contributed by atoms with Crippen LogP contribution in [0.3, 0.4) is 0 Å². The molecule has 1 amide bonds. The number of carbonyl (C=O) groups excluding carboxylic acids is 2. The number of carbonyl (C=O) groups is 2. The van der Waals surface area contributed by atoms with Crippen molar-refractivity contribution in [3.8, 4) is 0 Å². The van der Waals surface area contributed by atoms with Crippen LogP contribution < -0.4 is 5.32 Å². The number of hydrogen-bond donors (Lipinski definition) is 1. The molecule has 0 bridgehead atoms. The predicted octanol–water partition coefficient (Wildman–Crippen LogP) is 4.63. The van der Waals surface area contributed by atoms with E-state index < -0.39 is 17.1 Å². The minimum atomic E-state index is -0.840. The molecule has 2 aromatic carbocycles. The monoisotopic (exact) mass is 482 g/mol. The Morgan fingerprint density at radius 3 is 2.11 bits per heavy atom. The highest BCUT2D eigenvalue weighted by molar-refractivity contribution is 5.86. The summed E-state index contributed by atoms with van der Waals surface area (Å²) in [5.41, 5.74) is 2.31. The molecule has 1 atom stereocenters. The molecule has 35 heavy (non-hydrogen) atoms. The van der Waals surface area contributed by atoms with E-state index >= 15 is 0 Å². The van der Waals surface area contributed by atoms with Gasteiger partial charge in [-0.05, 0) is 54.2 Å². The van der Waals surface area contributed by atoms with E-state index in [1.54, 1.807) is 24.3 Å². The lowest BCUT2D eigenvalue weighted by Gasteiger charge is -2.31. The third kappa shape index (κ3) is 8.38. The second-order valence-corrected chi connectivity index (χ2v) is 9.53. The number of nitrogens with zero attached hydrogens (tertiary/aromatic N) is 1. The molecule has 1 fully saturated rings. The van der Waals surface area contributed by atoms with E-state index in [0.717, 1.165) is 36.8 Å². The highest BCUT2D eigenvalue weighted by atomic mass is 16.9. The van der Waals surface area contributed by atoms with E-state index in [9.17, 15) is 19.7 Å². The highest BCUT2D eigenvalue weighted by Crippen LogP contribution is 2.33. The molecule has 1 aliphatic rings. The van der Waals surface area contributed by atoms with Crippen molar-refractivity contribution in [2.75, 3.05) is 0 Å². The summed E-state index contributed by atoms with van der Waals surface area (Å²) in [6.45, 7) is 4.35. The third-order valence-electron chi connectivity index (χ3n) is 6.71. The summed E-state index contributed by atoms with van der Waals surface area (Å²) < 4.78 is 5.54. The Morgan fingerprint density at radius 1 is 0.943 bits per heavy atom. The first kappa shape index (κ1) is 26.2. The lowest BCUT2D eigenvalue weighted by molar-refractivity contribution is -0.763. The Hall–Kier alpha value is -3.42. The molecule has 0 saturated heterocycles. The van der Waals surface area contributed by atoms with Crippen molar-refractivity contribution < 1.29 is 24.3 Å². The molecule has 0 spiro atoms. The van der Waals surface area contributed by atoms with Crippen molar-refractivity contribution in [2.45, 2.75) is 65.2 Å². The van der Waals surface area contributed by atoms with Crippen LogP contribution in [-0.4, -0.2) is 23.0 Å². The van der Waals surface area contributed by atoms with Gasteiger partial charge in [0.15, 0.2) is 0 Å². The number of nitrogens with one attached hydrogen (secondary N) is 1. The number of esters is 1. The molecule has 0 heterocycles. The van der Waals surface area contributed by atoms with Crippen LogP contribution in [0.5, 0.6) is 0 Å². The first-order valence-corrected chi connectivity index (χ1v) is 12.2. The first-order chi connectivity index (χ1) is 16.8. The van der Waals surface area contributed by atoms with E-state index in [1.165, 1.54) is 0 Å². The Kier molecular flexibility index (Phi) is 9.64. The Balaban J connectivity index is 1.59. The fraction of sp³-hybridized carbons (Fsp3) is 0.481. The molecule has 1 aliphatic carbocycles. The summed E-state index contributed by atoms with van der Waals surface area (Å²) in [5.74, 6) is 0.625. The van der Waals surface area contributed by atoms with Gasteiger partial charge in [0.05, 0.1) is 0 Å². The van der Waals surface area contributed by atoms with Gasteiger partial charge in [-0.25, -0.2) is 4.79 Å². The first-order valence-electron chi connectivity index (χ1n) is 12.2. The molecule has 0 aromatic heterocycles. The summed E-state index contributed by atoms with van der Waals surface area (Å²) >= 11 is 0. The number of hydrogen-bond acceptors (Lipinski definition) is 6. The average molecular weight is 483 g/mol. The molecule has 3 rings (SSSR count). The van der Waals surface area contributed by atoms with Crippen molar-refractivity contribution in [3.63, 3.8) is 0 Å². The molecule has 8 heteroatoms. The van der Waals surface area contributed by atoms with Gasteiger partial charge in [-0.15, -0.1) is 10.1 Å². The maximum Gasteiger partial charge on any atom is 0.329 e. The van der Waals surface area contributed by atoms with E-state index in [-0.39, 0.29) is 25.0 Å². The third-order valence-corrected chi connectivity index (χ3v) is 6.71. The van der Waals surface area contributed by atoms with Gasteiger partial charge >= 0.3 is 5.97 Å². The van der Waals surface area contributed by atoms with Gasteiger partial charge in [0.1, 0.15) is 19.3 Å². The minimum Gasteiger partial charge on any atom is -0.459 e. The molecule has 1 saturated carbocycles. The molecule has 188 valence electrons. The standard InChI is InChI=1S/C27H34N2O6/c1-19(2)23-12-14-24(15-13-23)26(30)28-25(16-20-6-4-3-5-7-20)27(31)34-17-21-8-10-22(11-9-21)18-35-29(32)33/h3-11,19,23-25H,12-18H2,1-2H3,(H,28,30)/t23?,24?,25-/m1/s1. The van der Waals surface area contributed by atoms with Crippen molar-refractivity contribution >= 4 is 11.9 Å². The fourth-order valence-corrected chi connectivity index (χ4v) is 4.49. The highest BCUT2D eigenvalue weighted by Gasteiger charge is 2.31. The zero-order valence-electron chi connectivity index (χ0n) is 20.4. The van der Waals surface area contributed by atoms with Gasteiger partial charge in [0, 0.05) is 12.3 Å². The van der Waals surface area contributed by atoms with Crippen LogP contribution >= 0.6 is 0 Å². The van der Waals surface area contributed by atoms with E-state index in [1.807, 2.05) is 30.3 Å². The van der Waals surface area contributed by atoms with Gasteiger partial charge in [-0.2, -0.15) is 0 Å². The number of amides is 1. The maximum atomic E-state index is 13.0. The second-order valence-electron chi connectivity index (χ2n) is 9.53. The Morgan fingerprint density at radius 2 is 1.54 bits per heavy atom. The van der Waals surface area contributed by atoms with Gasteiger partial charge in [-0.1, -0.05) is 68.4 Å². The Bertz CT molecular complexity index is 969. The minimum absolute atomic E-state index is 0.0376. The van der Waals surface area contributed by atoms with E-state index in [2.05, 4.69) is 24.0 Å². The molecular weight excluding hydrogens is 448 g/mol. The van der Waals surface area contributed by atoms with Crippen LogP contribution in [-0.2, 0) is 38.8 Å². The summed E-state index contributed by atoms with van der Waals surface area (Å²) in [5, 5.41) is 12.4. The number of ether oxygens (including phenoxy) is 1. The van der Waals surface area contributed by atoms with Crippen molar-refractivity contribution in [3.05, 3.63) is 81.4 Å². The zero-order chi connectivity index (χ0) is 25.2. The molecule has 8 nitrogen and oxygen atoms in total. The van der Waals surface area contributed by atoms with Crippen molar-refractivity contribution in [1.29, 1.82) is 0 Å². The largest absolute Gasteiger partial charge is 0.459 e. The number of benzene rings is 2. The number of rotatable bonds is 11. The van der Waals surface area contributed by atoms with Gasteiger partial charge in [0.2, 0.25) is 5.91 Å². The lowest BCUT2D eigenvalue weighted by Crippen LogP contribution is -2.46. The lowest BCUT2D eigenvalue weighted by atomic mass is 9.76. The van der Waals surface area contributed by atoms with Gasteiger partial charge in [-0.3, -0.25) is 4.79 Å². The van der Waals surface area contributed by atoms with Crippen LogP contribution in [0.15, 0.2) is 54.6 Å². The van der Waals surface area contributed by atoms with E-state index in [0.29, 0.717) is 23.8 Å². The second kappa shape index (κ2) is 12.9. The molecule has 1 N–H and O–H groups in total. The SMILES string of the molecule is CC(C)C1CCC(C(=O)N[C@H](Cc2ccccc2)C(=O)OCc2ccc(CO[N+](=O)[O-])cc2)CC1. The summed E-state index contributed by atoms with van der Waals surface area (Å²) in [6.07, 6.45) is 4.10. The smallest absolute Gasteiger partial charge is 0.329 e. The van der Waals surface area contributed by atoms with Crippen LogP contribution in [0.25, 0.3) is 0 Å². The van der Waals surface area contributed by atoms with E-state index in [4.69, 9.17) is 4.74 Å². The fourth-order valence-electron chi connectivity index (χ4n) is 4.49. The molecular formula is C27H34N2O6. The quantitative estimate of drug-likeness (QED) is 0.284. The topological polar surface area (TPSA) is 108 Å². The summed E-state index contributed by atoms with van der Waals surface area (Å²) in [7, 11) is 0. The zero-order valence-corrected chi connectivity index (χ0v) is 20.4. The summed E-state index contributed by atoms with van der Waals surface area (Å²) in [4.78, 5) is 40.7. The normalized spacial score (nSPS) is 18.5. The van der Waals surface area contributed by atoms with Crippen molar-refractivity contribution in [2.24, 2.45) is 17.8 Å². The van der Waals surface area contributed by atoms with Crippen LogP contribution in [0.2, 0.25) is 0 Å². The van der Waals surface area contributed by atoms with Crippen LogP contribution in [0, 0.1) is 27.9 Å².